The van der Waals surface area contributed by atoms with Gasteiger partial charge >= 0.3 is 0 Å². The van der Waals surface area contributed by atoms with Gasteiger partial charge in [0.1, 0.15) is 5.75 Å². The first-order valence-electron chi connectivity index (χ1n) is 5.95. The molecule has 1 aliphatic rings. The second-order valence-electron chi connectivity index (χ2n) is 4.44. The smallest absolute Gasteiger partial charge is 0.143 e. The van der Waals surface area contributed by atoms with Crippen LogP contribution < -0.4 is 15.4 Å². The number of thioether (sulfide) groups is 1. The monoisotopic (exact) mass is 252 g/mol. The van der Waals surface area contributed by atoms with Crippen LogP contribution >= 0.6 is 11.8 Å². The summed E-state index contributed by atoms with van der Waals surface area (Å²) in [6.07, 6.45) is 0. The van der Waals surface area contributed by atoms with Crippen molar-refractivity contribution >= 4 is 23.1 Å². The Bertz CT molecular complexity index is 397. The van der Waals surface area contributed by atoms with Crippen LogP contribution in [0.1, 0.15) is 13.8 Å². The van der Waals surface area contributed by atoms with Crippen molar-refractivity contribution in [3.63, 3.8) is 0 Å². The normalized spacial score (nSPS) is 24.8. The number of ether oxygens (including phenoxy) is 1. The summed E-state index contributed by atoms with van der Waals surface area (Å²) < 4.78 is 5.28. The number of nitrogens with zero attached hydrogens (tertiary/aromatic N) is 1. The quantitative estimate of drug-likeness (QED) is 0.821. The molecule has 1 saturated heterocycles. The predicted octanol–water partition coefficient (Wildman–Crippen LogP) is 2.61. The molecule has 1 aromatic carbocycles. The maximum atomic E-state index is 5.84. The number of anilines is 2. The molecule has 1 aliphatic heterocycles. The van der Waals surface area contributed by atoms with Gasteiger partial charge in [0, 0.05) is 35.3 Å². The zero-order chi connectivity index (χ0) is 12.4. The first kappa shape index (κ1) is 12.4. The van der Waals surface area contributed by atoms with Crippen molar-refractivity contribution in [3.05, 3.63) is 18.2 Å². The van der Waals surface area contributed by atoms with Crippen molar-refractivity contribution in [2.24, 2.45) is 0 Å². The largest absolute Gasteiger partial charge is 0.495 e. The molecule has 2 atom stereocenters. The molecule has 1 heterocycles. The molecule has 2 N–H and O–H groups in total. The summed E-state index contributed by atoms with van der Waals surface area (Å²) in [6, 6.07) is 6.58. The molecule has 1 aromatic rings. The number of rotatable bonds is 2. The Labute approximate surface area is 107 Å². The molecule has 2 rings (SSSR count). The molecule has 2 unspecified atom stereocenters. The van der Waals surface area contributed by atoms with Gasteiger partial charge in [-0.15, -0.1) is 0 Å². The molecule has 94 valence electrons. The van der Waals surface area contributed by atoms with E-state index in [9.17, 15) is 0 Å². The average molecular weight is 252 g/mol. The summed E-state index contributed by atoms with van der Waals surface area (Å²) in [5.41, 5.74) is 7.75. The van der Waals surface area contributed by atoms with Crippen LogP contribution in [-0.4, -0.2) is 30.7 Å². The van der Waals surface area contributed by atoms with E-state index in [4.69, 9.17) is 10.5 Å². The van der Waals surface area contributed by atoms with E-state index in [0.29, 0.717) is 17.0 Å². The first-order chi connectivity index (χ1) is 8.13. The van der Waals surface area contributed by atoms with Crippen LogP contribution in [0, 0.1) is 0 Å². The maximum absolute atomic E-state index is 5.84. The number of nitrogens with two attached hydrogens (primary N) is 1. The SMILES string of the molecule is COc1cc(N2CCSC(C)C2C)ccc1N. The van der Waals surface area contributed by atoms with Crippen molar-refractivity contribution < 1.29 is 4.74 Å². The van der Waals surface area contributed by atoms with Gasteiger partial charge in [-0.2, -0.15) is 11.8 Å². The van der Waals surface area contributed by atoms with Crippen LogP contribution in [0.3, 0.4) is 0 Å². The predicted molar refractivity (Wildman–Crippen MR) is 76.1 cm³/mol. The standard InChI is InChI=1S/C13H20N2OS/c1-9-10(2)17-7-6-15(9)11-4-5-12(14)13(8-11)16-3/h4-5,8-10H,6-7,14H2,1-3H3. The van der Waals surface area contributed by atoms with E-state index < -0.39 is 0 Å². The molecule has 0 bridgehead atoms. The highest BCUT2D eigenvalue weighted by Crippen LogP contribution is 2.33. The molecule has 17 heavy (non-hydrogen) atoms. The molecule has 0 spiro atoms. The molecule has 0 aromatic heterocycles. The summed E-state index contributed by atoms with van der Waals surface area (Å²) in [4.78, 5) is 2.43. The van der Waals surface area contributed by atoms with Crippen molar-refractivity contribution in [2.75, 3.05) is 30.0 Å². The lowest BCUT2D eigenvalue weighted by Gasteiger charge is -2.39. The van der Waals surface area contributed by atoms with Crippen LogP contribution in [0.2, 0.25) is 0 Å². The average Bonchev–Trinajstić information content (AvgIpc) is 2.34. The van der Waals surface area contributed by atoms with Crippen LogP contribution in [0.15, 0.2) is 18.2 Å². The van der Waals surface area contributed by atoms with Gasteiger partial charge in [0.15, 0.2) is 0 Å². The fourth-order valence-corrected chi connectivity index (χ4v) is 3.28. The number of methoxy groups -OCH3 is 1. The van der Waals surface area contributed by atoms with Crippen LogP contribution in [0.5, 0.6) is 5.75 Å². The van der Waals surface area contributed by atoms with Crippen LogP contribution in [-0.2, 0) is 0 Å². The highest BCUT2D eigenvalue weighted by Gasteiger charge is 2.25. The summed E-state index contributed by atoms with van der Waals surface area (Å²) in [5, 5.41) is 0.660. The Morgan fingerprint density at radius 2 is 2.18 bits per heavy atom. The zero-order valence-electron chi connectivity index (χ0n) is 10.6. The molecule has 0 saturated carbocycles. The van der Waals surface area contributed by atoms with E-state index in [1.807, 2.05) is 23.9 Å². The topological polar surface area (TPSA) is 38.5 Å². The third-order valence-corrected chi connectivity index (χ3v) is 4.77. The molecule has 0 radical (unpaired) electrons. The van der Waals surface area contributed by atoms with Crippen molar-refractivity contribution in [3.8, 4) is 5.75 Å². The van der Waals surface area contributed by atoms with Gasteiger partial charge in [0.25, 0.3) is 0 Å². The second kappa shape index (κ2) is 5.08. The Kier molecular flexibility index (Phi) is 3.72. The van der Waals surface area contributed by atoms with Crippen LogP contribution in [0.4, 0.5) is 11.4 Å². The van der Waals surface area contributed by atoms with Gasteiger partial charge in [-0.25, -0.2) is 0 Å². The minimum atomic E-state index is 0.544. The summed E-state index contributed by atoms with van der Waals surface area (Å²) in [5.74, 6) is 1.94. The fourth-order valence-electron chi connectivity index (χ4n) is 2.18. The Morgan fingerprint density at radius 3 is 2.88 bits per heavy atom. The van der Waals surface area contributed by atoms with Gasteiger partial charge in [-0.1, -0.05) is 6.92 Å². The molecular weight excluding hydrogens is 232 g/mol. The number of nitrogen functional groups attached to an aromatic ring is 1. The number of hydrogen-bond acceptors (Lipinski definition) is 4. The summed E-state index contributed by atoms with van der Waals surface area (Å²) in [6.45, 7) is 5.65. The van der Waals surface area contributed by atoms with E-state index in [-0.39, 0.29) is 0 Å². The van der Waals surface area contributed by atoms with E-state index >= 15 is 0 Å². The Hall–Kier alpha value is -1.03. The van der Waals surface area contributed by atoms with Crippen molar-refractivity contribution in [1.29, 1.82) is 0 Å². The highest BCUT2D eigenvalue weighted by atomic mass is 32.2. The Morgan fingerprint density at radius 1 is 1.41 bits per heavy atom. The number of benzene rings is 1. The van der Waals surface area contributed by atoms with E-state index in [1.54, 1.807) is 7.11 Å². The molecule has 0 aliphatic carbocycles. The summed E-state index contributed by atoms with van der Waals surface area (Å²) in [7, 11) is 1.66. The lowest BCUT2D eigenvalue weighted by Crippen LogP contribution is -2.44. The van der Waals surface area contributed by atoms with E-state index in [1.165, 1.54) is 11.4 Å². The minimum absolute atomic E-state index is 0.544. The molecule has 0 amide bonds. The number of hydrogen-bond donors (Lipinski definition) is 1. The Balaban J connectivity index is 2.27. The maximum Gasteiger partial charge on any atom is 0.143 e. The molecule has 1 fully saturated rings. The van der Waals surface area contributed by atoms with Gasteiger partial charge in [-0.05, 0) is 19.1 Å². The third-order valence-electron chi connectivity index (χ3n) is 3.43. The van der Waals surface area contributed by atoms with Gasteiger partial charge < -0.3 is 15.4 Å². The van der Waals surface area contributed by atoms with Gasteiger partial charge in [-0.3, -0.25) is 0 Å². The lowest BCUT2D eigenvalue weighted by atomic mass is 10.1. The second-order valence-corrected chi connectivity index (χ2v) is 5.92. The summed E-state index contributed by atoms with van der Waals surface area (Å²) >= 11 is 2.04. The van der Waals surface area contributed by atoms with E-state index in [2.05, 4.69) is 24.8 Å². The zero-order valence-corrected chi connectivity index (χ0v) is 11.5. The first-order valence-corrected chi connectivity index (χ1v) is 7.00. The van der Waals surface area contributed by atoms with Gasteiger partial charge in [0.2, 0.25) is 0 Å². The third kappa shape index (κ3) is 2.46. The molecule has 4 heteroatoms. The minimum Gasteiger partial charge on any atom is -0.495 e. The highest BCUT2D eigenvalue weighted by molar-refractivity contribution is 8.00. The van der Waals surface area contributed by atoms with Crippen molar-refractivity contribution in [1.82, 2.24) is 0 Å². The van der Waals surface area contributed by atoms with Crippen LogP contribution in [0.25, 0.3) is 0 Å². The molecular formula is C13H20N2OS. The fraction of sp³-hybridized carbons (Fsp3) is 0.538. The van der Waals surface area contributed by atoms with Crippen molar-refractivity contribution in [2.45, 2.75) is 25.1 Å². The lowest BCUT2D eigenvalue weighted by molar-refractivity contribution is 0.417. The van der Waals surface area contributed by atoms with E-state index in [0.717, 1.165) is 12.3 Å². The van der Waals surface area contributed by atoms with Gasteiger partial charge in [0.05, 0.1) is 12.8 Å². The molecule has 3 nitrogen and oxygen atoms in total.